The van der Waals surface area contributed by atoms with E-state index in [9.17, 15) is 4.79 Å². The van der Waals surface area contributed by atoms with Crippen molar-refractivity contribution in [2.24, 2.45) is 0 Å². The van der Waals surface area contributed by atoms with Crippen molar-refractivity contribution in [1.29, 1.82) is 0 Å². The molecule has 0 bridgehead atoms. The number of rotatable bonds is 4. The summed E-state index contributed by atoms with van der Waals surface area (Å²) in [6.07, 6.45) is 0. The smallest absolute Gasteiger partial charge is 0.233 e. The van der Waals surface area contributed by atoms with Crippen LogP contribution in [-0.2, 0) is 11.3 Å². The highest BCUT2D eigenvalue weighted by molar-refractivity contribution is 9.10. The maximum absolute atomic E-state index is 11.0. The Balaban J connectivity index is 2.47. The number of halogens is 1. The van der Waals surface area contributed by atoms with Crippen LogP contribution >= 0.6 is 15.9 Å². The van der Waals surface area contributed by atoms with E-state index in [4.69, 9.17) is 0 Å². The number of hydrogen-bond acceptors (Lipinski definition) is 2. The molecule has 0 saturated carbocycles. The molecule has 1 amide bonds. The van der Waals surface area contributed by atoms with E-state index < -0.39 is 0 Å². The van der Waals surface area contributed by atoms with E-state index in [0.29, 0.717) is 13.1 Å². The zero-order valence-electron chi connectivity index (χ0n) is 8.93. The summed E-state index contributed by atoms with van der Waals surface area (Å²) in [5.74, 6) is -0.00164. The van der Waals surface area contributed by atoms with Crippen molar-refractivity contribution in [2.75, 3.05) is 13.6 Å². The highest BCUT2D eigenvalue weighted by Crippen LogP contribution is 2.17. The molecule has 0 aliphatic carbocycles. The van der Waals surface area contributed by atoms with E-state index in [1.165, 1.54) is 5.56 Å². The van der Waals surface area contributed by atoms with E-state index in [2.05, 4.69) is 44.8 Å². The third kappa shape index (κ3) is 4.01. The van der Waals surface area contributed by atoms with E-state index in [1.807, 2.05) is 6.92 Å². The van der Waals surface area contributed by atoms with Gasteiger partial charge in [-0.25, -0.2) is 0 Å². The molecule has 0 unspecified atom stereocenters. The average molecular weight is 271 g/mol. The standard InChI is InChI=1S/C11H15BrN2O/c1-8-3-4-9(10(12)5-8)6-14-7-11(15)13-2/h3-5,14H,6-7H2,1-2H3,(H,13,15). The summed E-state index contributed by atoms with van der Waals surface area (Å²) in [5.41, 5.74) is 2.38. The van der Waals surface area contributed by atoms with Gasteiger partial charge in [-0.1, -0.05) is 28.1 Å². The lowest BCUT2D eigenvalue weighted by atomic mass is 10.1. The summed E-state index contributed by atoms with van der Waals surface area (Å²) in [7, 11) is 1.63. The fraction of sp³-hybridized carbons (Fsp3) is 0.364. The monoisotopic (exact) mass is 270 g/mol. The molecule has 0 aliphatic heterocycles. The van der Waals surface area contributed by atoms with Gasteiger partial charge in [-0.3, -0.25) is 4.79 Å². The second-order valence-corrected chi connectivity index (χ2v) is 4.23. The molecule has 1 aromatic carbocycles. The topological polar surface area (TPSA) is 41.1 Å². The van der Waals surface area contributed by atoms with Crippen LogP contribution in [0.3, 0.4) is 0 Å². The molecule has 0 atom stereocenters. The van der Waals surface area contributed by atoms with E-state index in [-0.39, 0.29) is 5.91 Å². The van der Waals surface area contributed by atoms with Gasteiger partial charge in [0.1, 0.15) is 0 Å². The summed E-state index contributed by atoms with van der Waals surface area (Å²) in [4.78, 5) is 11.0. The molecule has 0 radical (unpaired) electrons. The Labute approximate surface area is 98.4 Å². The van der Waals surface area contributed by atoms with Gasteiger partial charge in [0.2, 0.25) is 5.91 Å². The number of nitrogens with one attached hydrogen (secondary N) is 2. The summed E-state index contributed by atoms with van der Waals surface area (Å²) in [6, 6.07) is 6.18. The predicted molar refractivity (Wildman–Crippen MR) is 64.7 cm³/mol. The van der Waals surface area contributed by atoms with Gasteiger partial charge in [-0.2, -0.15) is 0 Å². The average Bonchev–Trinajstić information content (AvgIpc) is 2.21. The van der Waals surface area contributed by atoms with Crippen molar-refractivity contribution in [3.8, 4) is 0 Å². The van der Waals surface area contributed by atoms with Crippen molar-refractivity contribution in [1.82, 2.24) is 10.6 Å². The second kappa shape index (κ2) is 5.88. The van der Waals surface area contributed by atoms with Gasteiger partial charge in [-0.05, 0) is 24.1 Å². The van der Waals surface area contributed by atoms with Crippen LogP contribution in [0.1, 0.15) is 11.1 Å². The van der Waals surface area contributed by atoms with Crippen molar-refractivity contribution >= 4 is 21.8 Å². The first kappa shape index (κ1) is 12.2. The quantitative estimate of drug-likeness (QED) is 0.873. The molecule has 4 heteroatoms. The van der Waals surface area contributed by atoms with Crippen LogP contribution in [0.15, 0.2) is 22.7 Å². The first-order valence-electron chi connectivity index (χ1n) is 4.80. The molecule has 0 fully saturated rings. The predicted octanol–water partition coefficient (Wildman–Crippen LogP) is 1.59. The van der Waals surface area contributed by atoms with Crippen LogP contribution in [0.25, 0.3) is 0 Å². The Hall–Kier alpha value is -0.870. The Morgan fingerprint density at radius 3 is 2.80 bits per heavy atom. The molecule has 0 spiro atoms. The maximum atomic E-state index is 11.0. The lowest BCUT2D eigenvalue weighted by Gasteiger charge is -2.06. The number of likely N-dealkylation sites (N-methyl/N-ethyl adjacent to an activating group) is 1. The largest absolute Gasteiger partial charge is 0.358 e. The molecule has 1 aromatic rings. The lowest BCUT2D eigenvalue weighted by Crippen LogP contribution is -2.31. The Morgan fingerprint density at radius 1 is 1.47 bits per heavy atom. The number of carbonyl (C=O) groups is 1. The minimum Gasteiger partial charge on any atom is -0.358 e. The van der Waals surface area contributed by atoms with Crippen LogP contribution in [0.5, 0.6) is 0 Å². The SMILES string of the molecule is CNC(=O)CNCc1ccc(C)cc1Br. The van der Waals surface area contributed by atoms with E-state index in [1.54, 1.807) is 7.05 Å². The fourth-order valence-electron chi connectivity index (χ4n) is 1.19. The van der Waals surface area contributed by atoms with Gasteiger partial charge in [0.25, 0.3) is 0 Å². The van der Waals surface area contributed by atoms with Crippen LogP contribution in [0.4, 0.5) is 0 Å². The third-order valence-electron chi connectivity index (χ3n) is 2.09. The molecular weight excluding hydrogens is 256 g/mol. The highest BCUT2D eigenvalue weighted by atomic mass is 79.9. The van der Waals surface area contributed by atoms with E-state index >= 15 is 0 Å². The number of hydrogen-bond donors (Lipinski definition) is 2. The summed E-state index contributed by atoms with van der Waals surface area (Å²) >= 11 is 3.49. The molecule has 0 heterocycles. The number of benzene rings is 1. The molecule has 0 aromatic heterocycles. The minimum absolute atomic E-state index is 0.00164. The van der Waals surface area contributed by atoms with Crippen molar-refractivity contribution in [3.63, 3.8) is 0 Å². The molecule has 15 heavy (non-hydrogen) atoms. The molecule has 82 valence electrons. The third-order valence-corrected chi connectivity index (χ3v) is 2.83. The van der Waals surface area contributed by atoms with Gasteiger partial charge in [0.05, 0.1) is 6.54 Å². The fourth-order valence-corrected chi connectivity index (χ4v) is 1.83. The zero-order chi connectivity index (χ0) is 11.3. The van der Waals surface area contributed by atoms with Gasteiger partial charge in [-0.15, -0.1) is 0 Å². The van der Waals surface area contributed by atoms with E-state index in [0.717, 1.165) is 10.0 Å². The molecule has 0 saturated heterocycles. The van der Waals surface area contributed by atoms with Crippen LogP contribution in [0.2, 0.25) is 0 Å². The Bertz CT molecular complexity index is 352. The Morgan fingerprint density at radius 2 is 2.20 bits per heavy atom. The number of aryl methyl sites for hydroxylation is 1. The van der Waals surface area contributed by atoms with Gasteiger partial charge in [0, 0.05) is 18.1 Å². The zero-order valence-corrected chi connectivity index (χ0v) is 10.5. The molecule has 0 aliphatic rings. The van der Waals surface area contributed by atoms with Gasteiger partial charge < -0.3 is 10.6 Å². The molecular formula is C11H15BrN2O. The van der Waals surface area contributed by atoms with Crippen molar-refractivity contribution < 1.29 is 4.79 Å². The Kier molecular flexibility index (Phi) is 4.78. The molecule has 2 N–H and O–H groups in total. The second-order valence-electron chi connectivity index (χ2n) is 3.37. The highest BCUT2D eigenvalue weighted by Gasteiger charge is 2.01. The van der Waals surface area contributed by atoms with Crippen LogP contribution in [-0.4, -0.2) is 19.5 Å². The molecule has 1 rings (SSSR count). The lowest BCUT2D eigenvalue weighted by molar-refractivity contribution is -0.119. The summed E-state index contributed by atoms with van der Waals surface area (Å²) < 4.78 is 1.08. The first-order valence-corrected chi connectivity index (χ1v) is 5.59. The van der Waals surface area contributed by atoms with Gasteiger partial charge >= 0.3 is 0 Å². The normalized spacial score (nSPS) is 10.1. The first-order chi connectivity index (χ1) is 7.13. The summed E-state index contributed by atoms with van der Waals surface area (Å²) in [5, 5.41) is 5.63. The van der Waals surface area contributed by atoms with Gasteiger partial charge in [0.15, 0.2) is 0 Å². The van der Waals surface area contributed by atoms with Crippen LogP contribution in [0, 0.1) is 6.92 Å². The number of amides is 1. The van der Waals surface area contributed by atoms with Crippen LogP contribution < -0.4 is 10.6 Å². The van der Waals surface area contributed by atoms with Crippen molar-refractivity contribution in [3.05, 3.63) is 33.8 Å². The maximum Gasteiger partial charge on any atom is 0.233 e. The van der Waals surface area contributed by atoms with Crippen molar-refractivity contribution in [2.45, 2.75) is 13.5 Å². The molecule has 3 nitrogen and oxygen atoms in total. The minimum atomic E-state index is -0.00164. The summed E-state index contributed by atoms with van der Waals surface area (Å²) in [6.45, 7) is 3.08. The number of carbonyl (C=O) groups excluding carboxylic acids is 1.